The summed E-state index contributed by atoms with van der Waals surface area (Å²) < 4.78 is 29.1. The monoisotopic (exact) mass is 318 g/mol. The summed E-state index contributed by atoms with van der Waals surface area (Å²) in [6.45, 7) is 1.06. The van der Waals surface area contributed by atoms with E-state index in [-0.39, 0.29) is 5.82 Å². The Kier molecular flexibility index (Phi) is 6.41. The Morgan fingerprint density at radius 1 is 0.957 bits per heavy atom. The normalized spacial score (nSPS) is 10.2. The number of benzene rings is 2. The number of unbranched alkanes of at least 4 members (excludes halogenated alkanes) is 1. The molecule has 0 atom stereocenters. The van der Waals surface area contributed by atoms with E-state index >= 15 is 0 Å². The molecular weight excluding hydrogens is 299 g/mol. The number of carbonyl (C=O) groups excluding carboxylic acids is 1. The van der Waals surface area contributed by atoms with Gasteiger partial charge < -0.3 is 14.2 Å². The summed E-state index contributed by atoms with van der Waals surface area (Å²) in [7, 11) is 1.54. The van der Waals surface area contributed by atoms with E-state index in [1.807, 2.05) is 0 Å². The van der Waals surface area contributed by atoms with Crippen LogP contribution in [0.4, 0.5) is 4.39 Å². The molecule has 0 aliphatic heterocycles. The van der Waals surface area contributed by atoms with Crippen LogP contribution in [-0.4, -0.2) is 26.6 Å². The Morgan fingerprint density at radius 2 is 1.65 bits per heavy atom. The van der Waals surface area contributed by atoms with Crippen LogP contribution in [0, 0.1) is 5.82 Å². The van der Waals surface area contributed by atoms with Gasteiger partial charge in [0.2, 0.25) is 0 Å². The molecule has 0 bridgehead atoms. The lowest BCUT2D eigenvalue weighted by Gasteiger charge is -2.11. The maximum atomic E-state index is 12.7. The van der Waals surface area contributed by atoms with Crippen LogP contribution >= 0.6 is 0 Å². The Morgan fingerprint density at radius 3 is 2.30 bits per heavy atom. The van der Waals surface area contributed by atoms with Crippen LogP contribution in [0.5, 0.6) is 17.2 Å². The van der Waals surface area contributed by atoms with Gasteiger partial charge in [0.15, 0.2) is 11.5 Å². The summed E-state index contributed by atoms with van der Waals surface area (Å²) in [5.41, 5.74) is 0.543. The predicted octanol–water partition coefficient (Wildman–Crippen LogP) is 3.88. The number of hydrogen-bond acceptors (Lipinski definition) is 4. The van der Waals surface area contributed by atoms with E-state index in [4.69, 9.17) is 14.2 Å². The standard InChI is InChI=1S/C18H19FO4/c1-21-18-12-14(13-20)4-9-17(18)23-11-3-2-10-22-16-7-5-15(19)6-8-16/h4-9,12-13H,2-3,10-11H2,1H3. The average molecular weight is 318 g/mol. The van der Waals surface area contributed by atoms with Crippen molar-refractivity contribution in [3.63, 3.8) is 0 Å². The van der Waals surface area contributed by atoms with Gasteiger partial charge in [-0.1, -0.05) is 0 Å². The number of methoxy groups -OCH3 is 1. The minimum atomic E-state index is -0.278. The van der Waals surface area contributed by atoms with Crippen molar-refractivity contribution in [2.24, 2.45) is 0 Å². The topological polar surface area (TPSA) is 44.8 Å². The lowest BCUT2D eigenvalue weighted by Crippen LogP contribution is -2.03. The molecule has 0 heterocycles. The molecule has 0 fully saturated rings. The van der Waals surface area contributed by atoms with Crippen LogP contribution in [0.15, 0.2) is 42.5 Å². The number of carbonyl (C=O) groups is 1. The fourth-order valence-corrected chi connectivity index (χ4v) is 1.98. The van der Waals surface area contributed by atoms with Gasteiger partial charge >= 0.3 is 0 Å². The van der Waals surface area contributed by atoms with Gasteiger partial charge in [-0.3, -0.25) is 4.79 Å². The highest BCUT2D eigenvalue weighted by atomic mass is 19.1. The number of halogens is 1. The number of ether oxygens (including phenoxy) is 3. The number of rotatable bonds is 9. The van der Waals surface area contributed by atoms with E-state index in [1.165, 1.54) is 19.2 Å². The summed E-state index contributed by atoms with van der Waals surface area (Å²) in [5, 5.41) is 0. The Hall–Kier alpha value is -2.56. The summed E-state index contributed by atoms with van der Waals surface area (Å²) in [6.07, 6.45) is 2.38. The zero-order valence-corrected chi connectivity index (χ0v) is 13.0. The largest absolute Gasteiger partial charge is 0.494 e. The third-order valence-electron chi connectivity index (χ3n) is 3.20. The van der Waals surface area contributed by atoms with Crippen molar-refractivity contribution in [2.45, 2.75) is 12.8 Å². The zero-order valence-electron chi connectivity index (χ0n) is 13.0. The van der Waals surface area contributed by atoms with Gasteiger partial charge in [-0.15, -0.1) is 0 Å². The van der Waals surface area contributed by atoms with Crippen molar-refractivity contribution in [3.05, 3.63) is 53.8 Å². The molecule has 0 saturated heterocycles. The molecule has 0 saturated carbocycles. The van der Waals surface area contributed by atoms with E-state index in [9.17, 15) is 9.18 Å². The third kappa shape index (κ3) is 5.29. The molecule has 2 aromatic rings. The predicted molar refractivity (Wildman–Crippen MR) is 85.0 cm³/mol. The first-order valence-electron chi connectivity index (χ1n) is 7.37. The first-order valence-corrected chi connectivity index (χ1v) is 7.37. The van der Waals surface area contributed by atoms with Crippen molar-refractivity contribution in [2.75, 3.05) is 20.3 Å². The molecule has 0 aromatic heterocycles. The molecular formula is C18H19FO4. The van der Waals surface area contributed by atoms with E-state index in [0.29, 0.717) is 36.0 Å². The third-order valence-corrected chi connectivity index (χ3v) is 3.20. The molecule has 0 spiro atoms. The summed E-state index contributed by atoms with van der Waals surface area (Å²) >= 11 is 0. The lowest BCUT2D eigenvalue weighted by atomic mass is 10.2. The van der Waals surface area contributed by atoms with Crippen LogP contribution in [0.25, 0.3) is 0 Å². The molecule has 0 radical (unpaired) electrons. The van der Waals surface area contributed by atoms with E-state index in [1.54, 1.807) is 30.3 Å². The smallest absolute Gasteiger partial charge is 0.161 e. The first kappa shape index (κ1) is 16.8. The number of aldehydes is 1. The highest BCUT2D eigenvalue weighted by molar-refractivity contribution is 5.76. The average Bonchev–Trinajstić information content (AvgIpc) is 2.59. The minimum absolute atomic E-state index is 0.278. The van der Waals surface area contributed by atoms with E-state index in [0.717, 1.165) is 19.1 Å². The van der Waals surface area contributed by atoms with Crippen molar-refractivity contribution in [3.8, 4) is 17.2 Å². The second-order valence-electron chi connectivity index (χ2n) is 4.89. The molecule has 4 nitrogen and oxygen atoms in total. The van der Waals surface area contributed by atoms with Crippen molar-refractivity contribution < 1.29 is 23.4 Å². The lowest BCUT2D eigenvalue weighted by molar-refractivity contribution is 0.112. The molecule has 0 N–H and O–H groups in total. The molecule has 5 heteroatoms. The Labute approximate surface area is 134 Å². The van der Waals surface area contributed by atoms with Gasteiger partial charge in [0.25, 0.3) is 0 Å². The van der Waals surface area contributed by atoms with Gasteiger partial charge in [0.1, 0.15) is 17.9 Å². The maximum Gasteiger partial charge on any atom is 0.161 e. The van der Waals surface area contributed by atoms with Gasteiger partial charge in [0.05, 0.1) is 20.3 Å². The quantitative estimate of drug-likeness (QED) is 0.520. The number of hydrogen-bond donors (Lipinski definition) is 0. The minimum Gasteiger partial charge on any atom is -0.494 e. The highest BCUT2D eigenvalue weighted by Crippen LogP contribution is 2.27. The highest BCUT2D eigenvalue weighted by Gasteiger charge is 2.05. The summed E-state index contributed by atoms with van der Waals surface area (Å²) in [4.78, 5) is 10.7. The first-order chi connectivity index (χ1) is 11.2. The molecule has 0 amide bonds. The fraction of sp³-hybridized carbons (Fsp3) is 0.278. The Bertz CT molecular complexity index is 625. The van der Waals surface area contributed by atoms with Crippen molar-refractivity contribution in [1.29, 1.82) is 0 Å². The van der Waals surface area contributed by atoms with Gasteiger partial charge in [-0.2, -0.15) is 0 Å². The second kappa shape index (κ2) is 8.78. The van der Waals surface area contributed by atoms with E-state index < -0.39 is 0 Å². The molecule has 2 rings (SSSR count). The van der Waals surface area contributed by atoms with Crippen LogP contribution < -0.4 is 14.2 Å². The molecule has 0 aliphatic carbocycles. The summed E-state index contributed by atoms with van der Waals surface area (Å²) in [6, 6.07) is 11.0. The molecule has 23 heavy (non-hydrogen) atoms. The van der Waals surface area contributed by atoms with Crippen LogP contribution in [0.2, 0.25) is 0 Å². The Balaban J connectivity index is 1.69. The van der Waals surface area contributed by atoms with Gasteiger partial charge in [0, 0.05) is 5.56 Å². The van der Waals surface area contributed by atoms with E-state index in [2.05, 4.69) is 0 Å². The van der Waals surface area contributed by atoms with Gasteiger partial charge in [-0.25, -0.2) is 4.39 Å². The van der Waals surface area contributed by atoms with Crippen molar-refractivity contribution >= 4 is 6.29 Å². The van der Waals surface area contributed by atoms with Gasteiger partial charge in [-0.05, 0) is 55.3 Å². The maximum absolute atomic E-state index is 12.7. The SMILES string of the molecule is COc1cc(C=O)ccc1OCCCCOc1ccc(F)cc1. The van der Waals surface area contributed by atoms with Crippen LogP contribution in [0.3, 0.4) is 0 Å². The molecule has 122 valence electrons. The van der Waals surface area contributed by atoms with Crippen LogP contribution in [0.1, 0.15) is 23.2 Å². The molecule has 0 aliphatic rings. The second-order valence-corrected chi connectivity index (χ2v) is 4.89. The fourth-order valence-electron chi connectivity index (χ4n) is 1.98. The molecule has 2 aromatic carbocycles. The zero-order chi connectivity index (χ0) is 16.5. The molecule has 0 unspecified atom stereocenters. The van der Waals surface area contributed by atoms with Crippen molar-refractivity contribution in [1.82, 2.24) is 0 Å². The van der Waals surface area contributed by atoms with Crippen LogP contribution in [-0.2, 0) is 0 Å². The summed E-state index contributed by atoms with van der Waals surface area (Å²) in [5.74, 6) is 1.52.